The van der Waals surface area contributed by atoms with Gasteiger partial charge in [0.1, 0.15) is 11.3 Å². The molecule has 2 aromatic carbocycles. The van der Waals surface area contributed by atoms with Gasteiger partial charge in [0.15, 0.2) is 17.6 Å². The minimum absolute atomic E-state index is 0.245. The molecule has 0 radical (unpaired) electrons. The topological polar surface area (TPSA) is 59.3 Å². The van der Waals surface area contributed by atoms with Gasteiger partial charge in [0.25, 0.3) is 0 Å². The lowest BCUT2D eigenvalue weighted by Crippen LogP contribution is -2.43. The van der Waals surface area contributed by atoms with Crippen molar-refractivity contribution >= 4 is 11.0 Å². The van der Waals surface area contributed by atoms with E-state index < -0.39 is 5.79 Å². The Labute approximate surface area is 150 Å². The van der Waals surface area contributed by atoms with Gasteiger partial charge in [-0.25, -0.2) is 0 Å². The molecule has 0 aliphatic carbocycles. The van der Waals surface area contributed by atoms with E-state index in [4.69, 9.17) is 28.1 Å². The molecule has 2 unspecified atom stereocenters. The standard InChI is InChI=1S/C20H18O6/c1-21-19-14-4-6-15-13(7-8-23-15)18(14)26-20(19,22-2)10-12-3-5-16-17(9-12)25-11-24-16/h3-9,19H,10-11H2,1-2H3. The molecule has 0 saturated carbocycles. The van der Waals surface area contributed by atoms with Crippen LogP contribution in [0, 0.1) is 0 Å². The predicted molar refractivity (Wildman–Crippen MR) is 92.6 cm³/mol. The third-order valence-electron chi connectivity index (χ3n) is 5.04. The SMILES string of the molecule is COC1c2ccc3occc3c2OC1(Cc1ccc2c(c1)OCO2)OC. The summed E-state index contributed by atoms with van der Waals surface area (Å²) in [6, 6.07) is 11.6. The lowest BCUT2D eigenvalue weighted by molar-refractivity contribution is -0.216. The number of benzene rings is 2. The molecule has 2 aliphatic heterocycles. The average molecular weight is 354 g/mol. The molecule has 0 fully saturated rings. The minimum Gasteiger partial charge on any atom is -0.464 e. The number of hydrogen-bond donors (Lipinski definition) is 0. The molecule has 3 aromatic rings. The summed E-state index contributed by atoms with van der Waals surface area (Å²) in [5.74, 6) is 1.25. The zero-order valence-corrected chi connectivity index (χ0v) is 14.5. The van der Waals surface area contributed by atoms with Gasteiger partial charge in [-0.05, 0) is 35.9 Å². The molecule has 1 aromatic heterocycles. The number of furan rings is 1. The lowest BCUT2D eigenvalue weighted by atomic mass is 9.96. The molecular formula is C20H18O6. The summed E-state index contributed by atoms with van der Waals surface area (Å²) in [5, 5.41) is 0.911. The van der Waals surface area contributed by atoms with Gasteiger partial charge in [0, 0.05) is 26.2 Å². The van der Waals surface area contributed by atoms with Crippen molar-refractivity contribution in [2.45, 2.75) is 18.3 Å². The fourth-order valence-electron chi connectivity index (χ4n) is 3.81. The van der Waals surface area contributed by atoms with Crippen LogP contribution < -0.4 is 14.2 Å². The minimum atomic E-state index is -0.976. The van der Waals surface area contributed by atoms with Crippen LogP contribution in [0.15, 0.2) is 47.1 Å². The largest absolute Gasteiger partial charge is 0.464 e. The van der Waals surface area contributed by atoms with E-state index in [1.165, 1.54) is 0 Å². The third-order valence-corrected chi connectivity index (χ3v) is 5.04. The predicted octanol–water partition coefficient (Wildman–Crippen LogP) is 3.83. The van der Waals surface area contributed by atoms with Crippen LogP contribution in [0.4, 0.5) is 0 Å². The van der Waals surface area contributed by atoms with Crippen molar-refractivity contribution in [3.8, 4) is 17.2 Å². The quantitative estimate of drug-likeness (QED) is 0.710. The average Bonchev–Trinajstić information content (AvgIpc) is 3.37. The molecule has 6 nitrogen and oxygen atoms in total. The molecule has 6 heteroatoms. The van der Waals surface area contributed by atoms with E-state index in [0.717, 1.165) is 39.3 Å². The fraction of sp³-hybridized carbons (Fsp3) is 0.300. The Morgan fingerprint density at radius 2 is 1.96 bits per heavy atom. The summed E-state index contributed by atoms with van der Waals surface area (Å²) in [6.07, 6.45) is 1.78. The highest BCUT2D eigenvalue weighted by Crippen LogP contribution is 2.50. The number of ether oxygens (including phenoxy) is 5. The second-order valence-corrected chi connectivity index (χ2v) is 6.41. The molecule has 26 heavy (non-hydrogen) atoms. The fourth-order valence-corrected chi connectivity index (χ4v) is 3.81. The highest BCUT2D eigenvalue weighted by molar-refractivity contribution is 5.86. The molecule has 2 aliphatic rings. The molecular weight excluding hydrogens is 336 g/mol. The van der Waals surface area contributed by atoms with E-state index >= 15 is 0 Å². The Bertz CT molecular complexity index is 978. The van der Waals surface area contributed by atoms with Crippen LogP contribution in [0.25, 0.3) is 11.0 Å². The normalized spacial score (nSPS) is 23.2. The first kappa shape index (κ1) is 15.5. The summed E-state index contributed by atoms with van der Waals surface area (Å²) in [6.45, 7) is 0.245. The Balaban J connectivity index is 1.56. The van der Waals surface area contributed by atoms with Crippen molar-refractivity contribution in [2.75, 3.05) is 21.0 Å². The van der Waals surface area contributed by atoms with Crippen LogP contribution in [0.5, 0.6) is 17.2 Å². The van der Waals surface area contributed by atoms with Crippen LogP contribution in [-0.2, 0) is 15.9 Å². The maximum atomic E-state index is 6.36. The Morgan fingerprint density at radius 3 is 2.81 bits per heavy atom. The van der Waals surface area contributed by atoms with Crippen LogP contribution in [-0.4, -0.2) is 26.8 Å². The van der Waals surface area contributed by atoms with Crippen molar-refractivity contribution in [1.82, 2.24) is 0 Å². The molecule has 0 amide bonds. The highest BCUT2D eigenvalue weighted by Gasteiger charge is 2.50. The highest BCUT2D eigenvalue weighted by atomic mass is 16.7. The van der Waals surface area contributed by atoms with E-state index in [2.05, 4.69) is 0 Å². The van der Waals surface area contributed by atoms with Gasteiger partial charge in [0.2, 0.25) is 12.6 Å². The van der Waals surface area contributed by atoms with Crippen LogP contribution in [0.3, 0.4) is 0 Å². The van der Waals surface area contributed by atoms with E-state index in [9.17, 15) is 0 Å². The maximum absolute atomic E-state index is 6.36. The maximum Gasteiger partial charge on any atom is 0.245 e. The van der Waals surface area contributed by atoms with Crippen molar-refractivity contribution in [3.05, 3.63) is 53.8 Å². The number of fused-ring (bicyclic) bond motifs is 4. The van der Waals surface area contributed by atoms with Crippen molar-refractivity contribution in [3.63, 3.8) is 0 Å². The van der Waals surface area contributed by atoms with Gasteiger partial charge in [-0.2, -0.15) is 0 Å². The molecule has 0 bridgehead atoms. The Morgan fingerprint density at radius 1 is 1.08 bits per heavy atom. The zero-order valence-electron chi connectivity index (χ0n) is 14.5. The molecule has 134 valence electrons. The summed E-state index contributed by atoms with van der Waals surface area (Å²) < 4.78 is 34.4. The number of rotatable bonds is 4. The van der Waals surface area contributed by atoms with E-state index in [1.807, 2.05) is 36.4 Å². The third kappa shape index (κ3) is 2.12. The van der Waals surface area contributed by atoms with Gasteiger partial charge in [-0.3, -0.25) is 0 Å². The van der Waals surface area contributed by atoms with Crippen LogP contribution in [0.1, 0.15) is 17.2 Å². The van der Waals surface area contributed by atoms with Crippen molar-refractivity contribution in [1.29, 1.82) is 0 Å². The van der Waals surface area contributed by atoms with Gasteiger partial charge < -0.3 is 28.1 Å². The monoisotopic (exact) mass is 354 g/mol. The van der Waals surface area contributed by atoms with Crippen LogP contribution >= 0.6 is 0 Å². The zero-order chi connectivity index (χ0) is 17.7. The molecule has 0 spiro atoms. The summed E-state index contributed by atoms with van der Waals surface area (Å²) >= 11 is 0. The summed E-state index contributed by atoms with van der Waals surface area (Å²) in [7, 11) is 3.30. The first-order chi connectivity index (χ1) is 12.7. The first-order valence-corrected chi connectivity index (χ1v) is 8.40. The lowest BCUT2D eigenvalue weighted by Gasteiger charge is -2.32. The molecule has 5 rings (SSSR count). The van der Waals surface area contributed by atoms with Crippen LogP contribution in [0.2, 0.25) is 0 Å². The van der Waals surface area contributed by atoms with E-state index in [1.54, 1.807) is 20.5 Å². The van der Waals surface area contributed by atoms with Gasteiger partial charge in [-0.1, -0.05) is 6.07 Å². The molecule has 0 N–H and O–H groups in total. The van der Waals surface area contributed by atoms with Gasteiger partial charge >= 0.3 is 0 Å². The number of hydrogen-bond acceptors (Lipinski definition) is 6. The Kier molecular flexibility index (Phi) is 3.38. The van der Waals surface area contributed by atoms with E-state index in [0.29, 0.717) is 6.42 Å². The molecule has 2 atom stereocenters. The summed E-state index contributed by atoms with van der Waals surface area (Å²) in [4.78, 5) is 0. The van der Waals surface area contributed by atoms with E-state index in [-0.39, 0.29) is 12.9 Å². The first-order valence-electron chi connectivity index (χ1n) is 8.40. The second kappa shape index (κ2) is 5.65. The smallest absolute Gasteiger partial charge is 0.245 e. The summed E-state index contributed by atoms with van der Waals surface area (Å²) in [5.41, 5.74) is 2.73. The number of methoxy groups -OCH3 is 2. The van der Waals surface area contributed by atoms with Crippen molar-refractivity contribution in [2.24, 2.45) is 0 Å². The molecule has 0 saturated heterocycles. The van der Waals surface area contributed by atoms with Gasteiger partial charge in [0.05, 0.1) is 11.6 Å². The van der Waals surface area contributed by atoms with Gasteiger partial charge in [-0.15, -0.1) is 0 Å². The Hall–Kier alpha value is -2.70. The van der Waals surface area contributed by atoms with Crippen molar-refractivity contribution < 1.29 is 28.1 Å². The second-order valence-electron chi connectivity index (χ2n) is 6.41. The molecule has 3 heterocycles.